The van der Waals surface area contributed by atoms with Gasteiger partial charge < -0.3 is 14.5 Å². The van der Waals surface area contributed by atoms with Gasteiger partial charge in [-0.2, -0.15) is 13.2 Å². The monoisotopic (exact) mass is 457 g/mol. The first kappa shape index (κ1) is 20.3. The quantitative estimate of drug-likeness (QED) is 0.398. The Kier molecular flexibility index (Phi) is 5.44. The molecule has 7 nitrogen and oxygen atoms in total. The molecule has 0 aliphatic heterocycles. The van der Waals surface area contributed by atoms with E-state index in [0.29, 0.717) is 34.4 Å². The number of nitrogens with one attached hydrogen (secondary N) is 2. The normalized spacial score (nSPS) is 11.8. The fourth-order valence-electron chi connectivity index (χ4n) is 2.70. The average molecular weight is 458 g/mol. The van der Waals surface area contributed by atoms with Crippen molar-refractivity contribution < 1.29 is 22.3 Å². The van der Waals surface area contributed by atoms with Crippen molar-refractivity contribution in [3.8, 4) is 17.3 Å². The van der Waals surface area contributed by atoms with Crippen molar-refractivity contribution in [3.05, 3.63) is 52.0 Å². The Morgan fingerprint density at radius 3 is 2.63 bits per heavy atom. The first-order chi connectivity index (χ1) is 14.3. The van der Waals surface area contributed by atoms with Crippen molar-refractivity contribution in [2.45, 2.75) is 12.7 Å². The summed E-state index contributed by atoms with van der Waals surface area (Å²) < 4.78 is 47.3. The zero-order valence-electron chi connectivity index (χ0n) is 14.9. The van der Waals surface area contributed by atoms with Crippen LogP contribution >= 0.6 is 23.2 Å². The third kappa shape index (κ3) is 4.60. The van der Waals surface area contributed by atoms with Crippen LogP contribution in [0.2, 0.25) is 10.0 Å². The lowest BCUT2D eigenvalue weighted by Gasteiger charge is -2.13. The number of furan rings is 1. The first-order valence-electron chi connectivity index (χ1n) is 8.47. The minimum Gasteiger partial charge on any atom is -0.483 e. The summed E-state index contributed by atoms with van der Waals surface area (Å²) in [6.45, 7) is -1.09. The zero-order chi connectivity index (χ0) is 21.3. The lowest BCUT2D eigenvalue weighted by Crippen LogP contribution is -2.19. The van der Waals surface area contributed by atoms with Crippen LogP contribution in [0.5, 0.6) is 5.75 Å². The van der Waals surface area contributed by atoms with Crippen molar-refractivity contribution in [2.24, 2.45) is 0 Å². The number of halogens is 5. The number of aromatic amines is 1. The topological polar surface area (TPSA) is 88.9 Å². The number of aromatic nitrogens is 4. The largest absolute Gasteiger partial charge is 0.483 e. The number of alkyl halides is 3. The summed E-state index contributed by atoms with van der Waals surface area (Å²) >= 11 is 12.4. The van der Waals surface area contributed by atoms with Crippen LogP contribution in [0.3, 0.4) is 0 Å². The van der Waals surface area contributed by atoms with Gasteiger partial charge in [-0.3, -0.25) is 0 Å². The molecule has 2 N–H and O–H groups in total. The summed E-state index contributed by atoms with van der Waals surface area (Å²) in [5, 5.41) is 17.9. The Balaban J connectivity index is 1.48. The third-order valence-corrected chi connectivity index (χ3v) is 4.72. The molecule has 0 radical (unpaired) electrons. The van der Waals surface area contributed by atoms with Crippen LogP contribution in [-0.4, -0.2) is 33.4 Å². The summed E-state index contributed by atoms with van der Waals surface area (Å²) in [6.07, 6.45) is -4.44. The van der Waals surface area contributed by atoms with E-state index in [1.807, 2.05) is 0 Å². The van der Waals surface area contributed by atoms with Gasteiger partial charge in [-0.05, 0) is 52.4 Å². The van der Waals surface area contributed by atoms with Crippen LogP contribution in [0.15, 0.2) is 40.8 Å². The number of H-pyrrole nitrogens is 1. The number of nitrogens with zero attached hydrogens (tertiary/aromatic N) is 3. The molecular weight excluding hydrogens is 446 g/mol. The Morgan fingerprint density at radius 1 is 1.10 bits per heavy atom. The Hall–Kier alpha value is -2.98. The molecule has 4 rings (SSSR count). The van der Waals surface area contributed by atoms with Gasteiger partial charge in [0, 0.05) is 22.6 Å². The van der Waals surface area contributed by atoms with Gasteiger partial charge in [0.25, 0.3) is 0 Å². The molecule has 156 valence electrons. The van der Waals surface area contributed by atoms with E-state index >= 15 is 0 Å². The smallest absolute Gasteiger partial charge is 0.422 e. The van der Waals surface area contributed by atoms with Crippen LogP contribution in [0, 0.1) is 0 Å². The molecule has 0 unspecified atom stereocenters. The highest BCUT2D eigenvalue weighted by Gasteiger charge is 2.28. The highest BCUT2D eigenvalue weighted by molar-refractivity contribution is 6.32. The van der Waals surface area contributed by atoms with E-state index in [0.717, 1.165) is 10.9 Å². The van der Waals surface area contributed by atoms with Crippen molar-refractivity contribution in [1.29, 1.82) is 0 Å². The predicted octanol–water partition coefficient (Wildman–Crippen LogP) is 5.47. The number of rotatable bonds is 6. The summed E-state index contributed by atoms with van der Waals surface area (Å²) in [5.41, 5.74) is 1.93. The van der Waals surface area contributed by atoms with Crippen LogP contribution in [0.4, 0.5) is 18.9 Å². The predicted molar refractivity (Wildman–Crippen MR) is 105 cm³/mol. The first-order valence-corrected chi connectivity index (χ1v) is 9.23. The van der Waals surface area contributed by atoms with Gasteiger partial charge in [-0.15, -0.1) is 5.10 Å². The third-order valence-electron chi connectivity index (χ3n) is 4.07. The Morgan fingerprint density at radius 2 is 1.93 bits per heavy atom. The molecular formula is C18H12Cl2F3N5O2. The standard InChI is InChI=1S/C18H12Cl2F3N5O2/c19-12-3-9-4-16(17-25-27-28-26-17)30-15(9)5-10(12)7-24-11-1-2-14(13(20)6-11)29-8-18(21,22)23/h1-6,24H,7-8H2,(H,25,26,27,28). The molecule has 4 aromatic rings. The molecule has 0 saturated heterocycles. The number of hydrogen-bond donors (Lipinski definition) is 2. The van der Waals surface area contributed by atoms with Gasteiger partial charge in [-0.25, -0.2) is 5.10 Å². The second-order valence-electron chi connectivity index (χ2n) is 6.24. The zero-order valence-corrected chi connectivity index (χ0v) is 16.4. The van der Waals surface area contributed by atoms with Gasteiger partial charge in [0.15, 0.2) is 12.4 Å². The van der Waals surface area contributed by atoms with E-state index in [1.165, 1.54) is 12.1 Å². The summed E-state index contributed by atoms with van der Waals surface area (Å²) in [6, 6.07) is 9.70. The molecule has 0 amide bonds. The summed E-state index contributed by atoms with van der Waals surface area (Å²) in [4.78, 5) is 0. The lowest BCUT2D eigenvalue weighted by atomic mass is 10.1. The molecule has 12 heteroatoms. The number of hydrogen-bond acceptors (Lipinski definition) is 6. The van der Waals surface area contributed by atoms with E-state index in [2.05, 4.69) is 30.7 Å². The van der Waals surface area contributed by atoms with Crippen LogP contribution in [0.25, 0.3) is 22.6 Å². The van der Waals surface area contributed by atoms with Gasteiger partial charge >= 0.3 is 6.18 Å². The van der Waals surface area contributed by atoms with E-state index in [4.69, 9.17) is 27.6 Å². The molecule has 0 spiro atoms. The van der Waals surface area contributed by atoms with Gasteiger partial charge in [-0.1, -0.05) is 23.2 Å². The number of ether oxygens (including phenoxy) is 1. The van der Waals surface area contributed by atoms with Crippen molar-refractivity contribution in [3.63, 3.8) is 0 Å². The molecule has 30 heavy (non-hydrogen) atoms. The molecule has 0 aliphatic rings. The molecule has 0 aliphatic carbocycles. The van der Waals surface area contributed by atoms with Crippen molar-refractivity contribution >= 4 is 39.9 Å². The number of anilines is 1. The molecule has 0 bridgehead atoms. The van der Waals surface area contributed by atoms with Crippen LogP contribution < -0.4 is 10.1 Å². The summed E-state index contributed by atoms with van der Waals surface area (Å²) in [7, 11) is 0. The van der Waals surface area contributed by atoms with Crippen LogP contribution in [-0.2, 0) is 6.54 Å². The molecule has 0 saturated carbocycles. The second kappa shape index (κ2) is 8.04. The Labute approximate surface area is 177 Å². The van der Waals surface area contributed by atoms with Crippen molar-refractivity contribution in [2.75, 3.05) is 11.9 Å². The molecule has 2 heterocycles. The van der Waals surface area contributed by atoms with E-state index in [-0.39, 0.29) is 10.8 Å². The second-order valence-corrected chi connectivity index (χ2v) is 7.06. The minimum atomic E-state index is -4.44. The fraction of sp³-hybridized carbons (Fsp3) is 0.167. The summed E-state index contributed by atoms with van der Waals surface area (Å²) in [5.74, 6) is 0.811. The highest BCUT2D eigenvalue weighted by Crippen LogP contribution is 2.32. The van der Waals surface area contributed by atoms with E-state index in [1.54, 1.807) is 24.3 Å². The average Bonchev–Trinajstić information content (AvgIpc) is 3.34. The van der Waals surface area contributed by atoms with Crippen LogP contribution in [0.1, 0.15) is 5.56 Å². The SMILES string of the molecule is FC(F)(F)COc1ccc(NCc2cc3oc(-c4nnn[nH]4)cc3cc2Cl)cc1Cl. The molecule has 0 atom stereocenters. The van der Waals surface area contributed by atoms with E-state index in [9.17, 15) is 13.2 Å². The minimum absolute atomic E-state index is 0.0518. The Bertz CT molecular complexity index is 1180. The molecule has 2 aromatic carbocycles. The number of tetrazole rings is 1. The number of benzene rings is 2. The lowest BCUT2D eigenvalue weighted by molar-refractivity contribution is -0.153. The highest BCUT2D eigenvalue weighted by atomic mass is 35.5. The maximum atomic E-state index is 12.3. The van der Waals surface area contributed by atoms with Gasteiger partial charge in [0.2, 0.25) is 5.82 Å². The maximum absolute atomic E-state index is 12.3. The van der Waals surface area contributed by atoms with Gasteiger partial charge in [0.05, 0.1) is 5.02 Å². The molecule has 2 aromatic heterocycles. The maximum Gasteiger partial charge on any atom is 0.422 e. The van der Waals surface area contributed by atoms with Crippen molar-refractivity contribution in [1.82, 2.24) is 20.6 Å². The fourth-order valence-corrected chi connectivity index (χ4v) is 3.18. The van der Waals surface area contributed by atoms with E-state index < -0.39 is 12.8 Å². The number of fused-ring (bicyclic) bond motifs is 1. The van der Waals surface area contributed by atoms with Gasteiger partial charge in [0.1, 0.15) is 11.3 Å². The molecule has 0 fully saturated rings.